The summed E-state index contributed by atoms with van der Waals surface area (Å²) < 4.78 is 46.0. The molecule has 0 heterocycles. The fourth-order valence-electron chi connectivity index (χ4n) is 1.34. The van der Waals surface area contributed by atoms with E-state index in [1.165, 1.54) is 0 Å². The molecule has 0 aromatic heterocycles. The Bertz CT molecular complexity index is 396. The minimum atomic E-state index is -4.30. The Morgan fingerprint density at radius 1 is 1.21 bits per heavy atom. The van der Waals surface area contributed by atoms with E-state index >= 15 is 0 Å². The van der Waals surface area contributed by atoms with Crippen LogP contribution in [0.25, 0.3) is 0 Å². The summed E-state index contributed by atoms with van der Waals surface area (Å²) in [5.41, 5.74) is 0.616. The van der Waals surface area contributed by atoms with E-state index < -0.39 is 12.8 Å². The van der Waals surface area contributed by atoms with Crippen LogP contribution < -0.4 is 4.74 Å². The molecule has 1 N–H and O–H groups in total. The van der Waals surface area contributed by atoms with Gasteiger partial charge in [0, 0.05) is 16.5 Å². The highest BCUT2D eigenvalue weighted by molar-refractivity contribution is 9.10. The first-order valence-corrected chi connectivity index (χ1v) is 6.38. The van der Waals surface area contributed by atoms with Crippen LogP contribution in [-0.2, 0) is 11.3 Å². The smallest absolute Gasteiger partial charge is 0.411 e. The molecule has 0 atom stereocenters. The molecular weight excluding hydrogens is 329 g/mol. The molecule has 0 amide bonds. The first kappa shape index (κ1) is 16.3. The van der Waals surface area contributed by atoms with Gasteiger partial charge in [-0.1, -0.05) is 15.9 Å². The third kappa shape index (κ3) is 6.79. The highest BCUT2D eigenvalue weighted by atomic mass is 79.9. The van der Waals surface area contributed by atoms with E-state index in [0.29, 0.717) is 17.7 Å². The highest BCUT2D eigenvalue weighted by Gasteiger charge is 2.27. The molecule has 0 saturated heterocycles. The first-order chi connectivity index (χ1) is 8.92. The van der Waals surface area contributed by atoms with Crippen LogP contribution in [0, 0.1) is 0 Å². The average Bonchev–Trinajstić information content (AvgIpc) is 2.33. The van der Waals surface area contributed by atoms with Gasteiger partial charge in [-0.2, -0.15) is 13.2 Å². The maximum Gasteiger partial charge on any atom is 0.411 e. The van der Waals surface area contributed by atoms with E-state index in [1.807, 2.05) is 0 Å². The minimum Gasteiger partial charge on any atom is -0.493 e. The van der Waals surface area contributed by atoms with E-state index in [4.69, 9.17) is 9.84 Å². The molecule has 0 bridgehead atoms. The van der Waals surface area contributed by atoms with Gasteiger partial charge >= 0.3 is 6.18 Å². The van der Waals surface area contributed by atoms with Crippen molar-refractivity contribution in [2.75, 3.05) is 19.8 Å². The number of halogens is 4. The van der Waals surface area contributed by atoms with E-state index in [1.54, 1.807) is 18.2 Å². The summed E-state index contributed by atoms with van der Waals surface area (Å²) in [7, 11) is 0. The molecule has 19 heavy (non-hydrogen) atoms. The predicted octanol–water partition coefficient (Wildman–Crippen LogP) is 3.29. The largest absolute Gasteiger partial charge is 0.493 e. The highest BCUT2D eigenvalue weighted by Crippen LogP contribution is 2.23. The van der Waals surface area contributed by atoms with Crippen molar-refractivity contribution in [3.63, 3.8) is 0 Å². The number of hydrogen-bond acceptors (Lipinski definition) is 3. The van der Waals surface area contributed by atoms with Crippen LogP contribution in [0.3, 0.4) is 0 Å². The van der Waals surface area contributed by atoms with Crippen molar-refractivity contribution in [1.29, 1.82) is 0 Å². The molecule has 0 fully saturated rings. The lowest BCUT2D eigenvalue weighted by atomic mass is 10.2. The lowest BCUT2D eigenvalue weighted by molar-refractivity contribution is -0.174. The molecule has 1 rings (SSSR count). The topological polar surface area (TPSA) is 38.7 Å². The fourth-order valence-corrected chi connectivity index (χ4v) is 1.75. The molecule has 3 nitrogen and oxygen atoms in total. The van der Waals surface area contributed by atoms with Crippen molar-refractivity contribution >= 4 is 15.9 Å². The van der Waals surface area contributed by atoms with Crippen molar-refractivity contribution in [1.82, 2.24) is 0 Å². The Hall–Kier alpha value is -0.790. The van der Waals surface area contributed by atoms with Crippen LogP contribution in [0.1, 0.15) is 12.0 Å². The normalized spacial score (nSPS) is 11.6. The molecule has 0 spiro atoms. The Balaban J connectivity index is 2.26. The van der Waals surface area contributed by atoms with Crippen LogP contribution in [0.2, 0.25) is 0 Å². The summed E-state index contributed by atoms with van der Waals surface area (Å²) in [5.74, 6) is 0.515. The number of rotatable bonds is 7. The molecule has 7 heteroatoms. The standard InChI is InChI=1S/C12H14BrF3O3/c13-10-2-3-11(9(6-10)7-17)19-5-1-4-18-8-12(14,15)16/h2-3,6,17H,1,4-5,7-8H2. The molecule has 1 aromatic carbocycles. The number of aliphatic hydroxyl groups excluding tert-OH is 1. The van der Waals surface area contributed by atoms with Gasteiger partial charge in [0.25, 0.3) is 0 Å². The lowest BCUT2D eigenvalue weighted by Gasteiger charge is -2.11. The third-order valence-electron chi connectivity index (χ3n) is 2.15. The monoisotopic (exact) mass is 342 g/mol. The maximum absolute atomic E-state index is 11.8. The second kappa shape index (κ2) is 7.72. The van der Waals surface area contributed by atoms with E-state index in [0.717, 1.165) is 4.47 Å². The van der Waals surface area contributed by atoms with E-state index in [2.05, 4.69) is 20.7 Å². The lowest BCUT2D eigenvalue weighted by Crippen LogP contribution is -2.18. The Labute approximate surface area is 117 Å². The van der Waals surface area contributed by atoms with Crippen molar-refractivity contribution < 1.29 is 27.8 Å². The molecule has 0 aliphatic rings. The molecule has 0 aliphatic carbocycles. The van der Waals surface area contributed by atoms with Gasteiger partial charge in [0.05, 0.1) is 19.8 Å². The number of aliphatic hydroxyl groups is 1. The maximum atomic E-state index is 11.8. The Kier molecular flexibility index (Phi) is 6.60. The van der Waals surface area contributed by atoms with Crippen LogP contribution >= 0.6 is 15.9 Å². The number of hydrogen-bond donors (Lipinski definition) is 1. The quantitative estimate of drug-likeness (QED) is 0.773. The van der Waals surface area contributed by atoms with Gasteiger partial charge in [-0.25, -0.2) is 0 Å². The van der Waals surface area contributed by atoms with Crippen molar-refractivity contribution in [3.05, 3.63) is 28.2 Å². The van der Waals surface area contributed by atoms with Crippen LogP contribution in [-0.4, -0.2) is 31.1 Å². The molecule has 0 aliphatic heterocycles. The van der Waals surface area contributed by atoms with Gasteiger partial charge in [-0.15, -0.1) is 0 Å². The van der Waals surface area contributed by atoms with Crippen molar-refractivity contribution in [3.8, 4) is 5.75 Å². The first-order valence-electron chi connectivity index (χ1n) is 5.59. The Morgan fingerprint density at radius 3 is 2.58 bits per heavy atom. The zero-order chi connectivity index (χ0) is 14.3. The average molecular weight is 343 g/mol. The summed E-state index contributed by atoms with van der Waals surface area (Å²) in [4.78, 5) is 0. The predicted molar refractivity (Wildman–Crippen MR) is 67.1 cm³/mol. The minimum absolute atomic E-state index is 0.0233. The molecule has 1 aromatic rings. The van der Waals surface area contributed by atoms with Crippen molar-refractivity contribution in [2.45, 2.75) is 19.2 Å². The second-order valence-corrected chi connectivity index (χ2v) is 4.70. The third-order valence-corrected chi connectivity index (χ3v) is 2.64. The zero-order valence-corrected chi connectivity index (χ0v) is 11.6. The number of ether oxygens (including phenoxy) is 2. The second-order valence-electron chi connectivity index (χ2n) is 3.78. The van der Waals surface area contributed by atoms with Gasteiger partial charge in [0.1, 0.15) is 12.4 Å². The van der Waals surface area contributed by atoms with Gasteiger partial charge in [-0.3, -0.25) is 0 Å². The zero-order valence-electron chi connectivity index (χ0n) is 10.0. The fraction of sp³-hybridized carbons (Fsp3) is 0.500. The van der Waals surface area contributed by atoms with E-state index in [-0.39, 0.29) is 19.8 Å². The van der Waals surface area contributed by atoms with Crippen molar-refractivity contribution in [2.24, 2.45) is 0 Å². The van der Waals surface area contributed by atoms with Crippen LogP contribution in [0.4, 0.5) is 13.2 Å². The van der Waals surface area contributed by atoms with Gasteiger partial charge < -0.3 is 14.6 Å². The summed E-state index contributed by atoms with van der Waals surface area (Å²) in [6.45, 7) is -1.20. The summed E-state index contributed by atoms with van der Waals surface area (Å²) in [6, 6.07) is 5.16. The molecule has 0 radical (unpaired) electrons. The van der Waals surface area contributed by atoms with Gasteiger partial charge in [0.2, 0.25) is 0 Å². The molecular formula is C12H14BrF3O3. The Morgan fingerprint density at radius 2 is 1.95 bits per heavy atom. The number of benzene rings is 1. The summed E-state index contributed by atoms with van der Waals surface area (Å²) in [5, 5.41) is 9.12. The van der Waals surface area contributed by atoms with Crippen LogP contribution in [0.15, 0.2) is 22.7 Å². The molecule has 0 unspecified atom stereocenters. The SMILES string of the molecule is OCc1cc(Br)ccc1OCCCOCC(F)(F)F. The number of alkyl halides is 3. The van der Waals surface area contributed by atoms with Gasteiger partial charge in [-0.05, 0) is 18.2 Å². The van der Waals surface area contributed by atoms with E-state index in [9.17, 15) is 13.2 Å². The summed E-state index contributed by atoms with van der Waals surface area (Å²) in [6.07, 6.45) is -3.95. The molecule has 0 saturated carbocycles. The summed E-state index contributed by atoms with van der Waals surface area (Å²) >= 11 is 3.26. The van der Waals surface area contributed by atoms with Crippen LogP contribution in [0.5, 0.6) is 5.75 Å². The van der Waals surface area contributed by atoms with Gasteiger partial charge in [0.15, 0.2) is 0 Å². The molecule has 108 valence electrons.